The van der Waals surface area contributed by atoms with E-state index in [9.17, 15) is 9.59 Å². The quantitative estimate of drug-likeness (QED) is 0.388. The molecule has 8 nitrogen and oxygen atoms in total. The van der Waals surface area contributed by atoms with Crippen LogP contribution in [0.1, 0.15) is 12.5 Å². The standard InChI is InChI=1S/C25H19ClN4O4/c1-2-33-19-5-3-4-16(12-19)22-28-23(34-29-22)17-8-11-20-21(13-17)27-25(32)30(24(20)31)14-15-6-9-18(26)10-7-15/h3-13H,2,14H2,1H3,(H,27,32). The highest BCUT2D eigenvalue weighted by Gasteiger charge is 2.14. The molecule has 0 aliphatic carbocycles. The van der Waals surface area contributed by atoms with E-state index in [4.69, 9.17) is 20.9 Å². The smallest absolute Gasteiger partial charge is 0.329 e. The molecule has 0 amide bonds. The molecule has 0 aliphatic rings. The molecule has 1 N–H and O–H groups in total. The summed E-state index contributed by atoms with van der Waals surface area (Å²) in [6, 6.07) is 19.4. The second-order valence-corrected chi connectivity index (χ2v) is 8.03. The van der Waals surface area contributed by atoms with E-state index < -0.39 is 5.69 Å². The molecule has 0 spiro atoms. The summed E-state index contributed by atoms with van der Waals surface area (Å²) < 4.78 is 12.1. The van der Waals surface area contributed by atoms with Crippen LogP contribution in [0.4, 0.5) is 0 Å². The van der Waals surface area contributed by atoms with Gasteiger partial charge in [0.25, 0.3) is 11.4 Å². The Kier molecular flexibility index (Phi) is 5.73. The van der Waals surface area contributed by atoms with Crippen molar-refractivity contribution in [3.8, 4) is 28.6 Å². The Morgan fingerprint density at radius 1 is 1.03 bits per heavy atom. The van der Waals surface area contributed by atoms with Gasteiger partial charge in [0.15, 0.2) is 0 Å². The maximum Gasteiger partial charge on any atom is 0.329 e. The van der Waals surface area contributed by atoms with Gasteiger partial charge in [-0.2, -0.15) is 4.98 Å². The van der Waals surface area contributed by atoms with E-state index in [0.717, 1.165) is 15.7 Å². The molecule has 5 rings (SSSR count). The Morgan fingerprint density at radius 2 is 1.85 bits per heavy atom. The minimum Gasteiger partial charge on any atom is -0.494 e. The average Bonchev–Trinajstić information content (AvgIpc) is 3.33. The van der Waals surface area contributed by atoms with Crippen molar-refractivity contribution in [2.45, 2.75) is 13.5 Å². The first-order valence-electron chi connectivity index (χ1n) is 10.6. The van der Waals surface area contributed by atoms with E-state index >= 15 is 0 Å². The Balaban J connectivity index is 1.48. The summed E-state index contributed by atoms with van der Waals surface area (Å²) >= 11 is 5.92. The van der Waals surface area contributed by atoms with E-state index in [0.29, 0.717) is 39.7 Å². The number of H-pyrrole nitrogens is 1. The molecule has 0 unspecified atom stereocenters. The van der Waals surface area contributed by atoms with E-state index in [1.807, 2.05) is 31.2 Å². The number of nitrogens with one attached hydrogen (secondary N) is 1. The predicted molar refractivity (Wildman–Crippen MR) is 129 cm³/mol. The van der Waals surface area contributed by atoms with Crippen molar-refractivity contribution < 1.29 is 9.26 Å². The summed E-state index contributed by atoms with van der Waals surface area (Å²) in [6.45, 7) is 2.60. The number of ether oxygens (including phenoxy) is 1. The molecule has 0 fully saturated rings. The molecule has 0 bridgehead atoms. The van der Waals surface area contributed by atoms with Gasteiger partial charge in [0.2, 0.25) is 5.82 Å². The van der Waals surface area contributed by atoms with Gasteiger partial charge < -0.3 is 14.2 Å². The Labute approximate surface area is 198 Å². The number of nitrogens with zero attached hydrogens (tertiary/aromatic N) is 3. The van der Waals surface area contributed by atoms with Crippen LogP contribution in [0, 0.1) is 0 Å². The largest absolute Gasteiger partial charge is 0.494 e. The average molecular weight is 475 g/mol. The number of aromatic nitrogens is 4. The molecule has 0 radical (unpaired) electrons. The highest BCUT2D eigenvalue weighted by Crippen LogP contribution is 2.26. The molecule has 0 saturated heterocycles. The monoisotopic (exact) mass is 474 g/mol. The molecule has 170 valence electrons. The van der Waals surface area contributed by atoms with Crippen molar-refractivity contribution >= 4 is 22.5 Å². The predicted octanol–water partition coefficient (Wildman–Crippen LogP) is 4.51. The Bertz CT molecular complexity index is 1600. The molecule has 2 aromatic heterocycles. The number of rotatable bonds is 6. The van der Waals surface area contributed by atoms with Gasteiger partial charge >= 0.3 is 5.69 Å². The third-order valence-electron chi connectivity index (χ3n) is 5.31. The van der Waals surface area contributed by atoms with Gasteiger partial charge in [-0.05, 0) is 55.0 Å². The van der Waals surface area contributed by atoms with Crippen molar-refractivity contribution in [2.24, 2.45) is 0 Å². The van der Waals surface area contributed by atoms with Gasteiger partial charge in [0.1, 0.15) is 5.75 Å². The Morgan fingerprint density at radius 3 is 2.65 bits per heavy atom. The van der Waals surface area contributed by atoms with Crippen molar-refractivity contribution in [1.82, 2.24) is 19.7 Å². The fourth-order valence-electron chi connectivity index (χ4n) is 3.65. The van der Waals surface area contributed by atoms with E-state index in [1.165, 1.54) is 0 Å². The van der Waals surface area contributed by atoms with Crippen molar-refractivity contribution in [3.05, 3.63) is 98.2 Å². The van der Waals surface area contributed by atoms with Crippen LogP contribution in [0.15, 0.2) is 80.8 Å². The maximum atomic E-state index is 13.0. The van der Waals surface area contributed by atoms with E-state index in [-0.39, 0.29) is 18.0 Å². The van der Waals surface area contributed by atoms with Gasteiger partial charge in [-0.15, -0.1) is 0 Å². The van der Waals surface area contributed by atoms with Gasteiger partial charge in [-0.1, -0.05) is 41.0 Å². The summed E-state index contributed by atoms with van der Waals surface area (Å²) in [5.74, 6) is 1.39. The number of halogens is 1. The van der Waals surface area contributed by atoms with Crippen LogP contribution in [-0.4, -0.2) is 26.3 Å². The second-order valence-electron chi connectivity index (χ2n) is 7.59. The fraction of sp³-hybridized carbons (Fsp3) is 0.120. The van der Waals surface area contributed by atoms with Gasteiger partial charge in [0, 0.05) is 16.1 Å². The van der Waals surface area contributed by atoms with Crippen LogP contribution < -0.4 is 16.0 Å². The van der Waals surface area contributed by atoms with Crippen LogP contribution >= 0.6 is 11.6 Å². The number of benzene rings is 3. The normalized spacial score (nSPS) is 11.1. The lowest BCUT2D eigenvalue weighted by Gasteiger charge is -2.07. The molecular formula is C25H19ClN4O4. The number of fused-ring (bicyclic) bond motifs is 1. The zero-order valence-electron chi connectivity index (χ0n) is 18.1. The number of hydrogen-bond acceptors (Lipinski definition) is 6. The summed E-state index contributed by atoms with van der Waals surface area (Å²) in [4.78, 5) is 32.9. The van der Waals surface area contributed by atoms with Crippen LogP contribution in [0.2, 0.25) is 5.02 Å². The molecule has 0 atom stereocenters. The van der Waals surface area contributed by atoms with Gasteiger partial charge in [-0.3, -0.25) is 9.36 Å². The molecular weight excluding hydrogens is 456 g/mol. The lowest BCUT2D eigenvalue weighted by molar-refractivity contribution is 0.340. The second kappa shape index (κ2) is 8.99. The number of hydrogen-bond donors (Lipinski definition) is 1. The first-order valence-corrected chi connectivity index (χ1v) is 11.0. The minimum atomic E-state index is -0.511. The van der Waals surface area contributed by atoms with Crippen LogP contribution in [0.25, 0.3) is 33.7 Å². The molecule has 0 saturated carbocycles. The van der Waals surface area contributed by atoms with Crippen LogP contribution in [0.3, 0.4) is 0 Å². The third kappa shape index (κ3) is 4.23. The highest BCUT2D eigenvalue weighted by molar-refractivity contribution is 6.30. The SMILES string of the molecule is CCOc1cccc(-c2noc(-c3ccc4c(=O)n(Cc5ccc(Cl)cc5)c(=O)[nH]c4c3)n2)c1. The summed E-state index contributed by atoms with van der Waals surface area (Å²) in [7, 11) is 0. The molecule has 3 aromatic carbocycles. The lowest BCUT2D eigenvalue weighted by atomic mass is 10.1. The summed E-state index contributed by atoms with van der Waals surface area (Å²) in [5.41, 5.74) is 1.61. The van der Waals surface area contributed by atoms with Crippen molar-refractivity contribution in [1.29, 1.82) is 0 Å². The maximum absolute atomic E-state index is 13.0. The van der Waals surface area contributed by atoms with Gasteiger partial charge in [0.05, 0.1) is 24.1 Å². The van der Waals surface area contributed by atoms with E-state index in [2.05, 4.69) is 15.1 Å². The first-order chi connectivity index (χ1) is 16.5. The van der Waals surface area contributed by atoms with Crippen molar-refractivity contribution in [3.63, 3.8) is 0 Å². The van der Waals surface area contributed by atoms with E-state index in [1.54, 1.807) is 42.5 Å². The third-order valence-corrected chi connectivity index (χ3v) is 5.56. The van der Waals surface area contributed by atoms with Crippen molar-refractivity contribution in [2.75, 3.05) is 6.61 Å². The molecule has 2 heterocycles. The van der Waals surface area contributed by atoms with Crippen LogP contribution in [-0.2, 0) is 6.54 Å². The molecule has 5 aromatic rings. The van der Waals surface area contributed by atoms with Crippen LogP contribution in [0.5, 0.6) is 5.75 Å². The first kappa shape index (κ1) is 21.7. The minimum absolute atomic E-state index is 0.136. The zero-order valence-corrected chi connectivity index (χ0v) is 18.9. The van der Waals surface area contributed by atoms with Gasteiger partial charge in [-0.25, -0.2) is 4.79 Å². The zero-order chi connectivity index (χ0) is 23.7. The molecule has 9 heteroatoms. The summed E-state index contributed by atoms with van der Waals surface area (Å²) in [5, 5.41) is 5.02. The topological polar surface area (TPSA) is 103 Å². The lowest BCUT2D eigenvalue weighted by Crippen LogP contribution is -2.35. The fourth-order valence-corrected chi connectivity index (χ4v) is 3.78. The molecule has 0 aliphatic heterocycles. The molecule has 34 heavy (non-hydrogen) atoms. The summed E-state index contributed by atoms with van der Waals surface area (Å²) in [6.07, 6.45) is 0. The highest BCUT2D eigenvalue weighted by atomic mass is 35.5. The number of aromatic amines is 1. The Hall–Kier alpha value is -4.17.